The van der Waals surface area contributed by atoms with Crippen LogP contribution in [-0.2, 0) is 21.8 Å². The summed E-state index contributed by atoms with van der Waals surface area (Å²) < 4.78 is 14.1. The number of anilines is 1. The Kier molecular flexibility index (Phi) is 5.06. The second-order valence-corrected chi connectivity index (χ2v) is 9.46. The molecule has 2 heterocycles. The van der Waals surface area contributed by atoms with E-state index in [1.165, 1.54) is 25.6 Å². The summed E-state index contributed by atoms with van der Waals surface area (Å²) in [5.41, 5.74) is 11.8. The predicted octanol–water partition coefficient (Wildman–Crippen LogP) is 4.43. The van der Waals surface area contributed by atoms with E-state index in [0.29, 0.717) is 28.2 Å². The molecule has 3 aromatic rings. The molecule has 7 heteroatoms. The van der Waals surface area contributed by atoms with Crippen molar-refractivity contribution in [3.8, 4) is 0 Å². The summed E-state index contributed by atoms with van der Waals surface area (Å²) in [6.07, 6.45) is 6.26. The van der Waals surface area contributed by atoms with Crippen molar-refractivity contribution in [2.75, 3.05) is 20.0 Å². The van der Waals surface area contributed by atoms with E-state index in [1.807, 2.05) is 30.3 Å². The van der Waals surface area contributed by atoms with Gasteiger partial charge in [-0.05, 0) is 43.9 Å². The van der Waals surface area contributed by atoms with Crippen LogP contribution in [0.4, 0.5) is 5.82 Å². The first kappa shape index (κ1) is 21.1. The van der Waals surface area contributed by atoms with Crippen LogP contribution in [-0.4, -0.2) is 33.7 Å². The Hall–Kier alpha value is -2.77. The molecule has 3 aliphatic carbocycles. The lowest BCUT2D eigenvalue weighted by Gasteiger charge is -2.53. The third-order valence-electron chi connectivity index (χ3n) is 7.49. The zero-order chi connectivity index (χ0) is 22.5. The average Bonchev–Trinajstić information content (AvgIpc) is 3.15. The number of nitrogens with two attached hydrogens (primary N) is 1. The lowest BCUT2D eigenvalue weighted by Crippen LogP contribution is -2.41. The second kappa shape index (κ2) is 7.67. The quantitative estimate of drug-likeness (QED) is 0.438. The predicted molar refractivity (Wildman–Crippen MR) is 124 cm³/mol. The number of nitrogens with zero attached hydrogens (tertiary/aromatic N) is 4. The highest BCUT2D eigenvalue weighted by atomic mass is 16.7. The van der Waals surface area contributed by atoms with Crippen molar-refractivity contribution in [3.05, 3.63) is 59.2 Å². The van der Waals surface area contributed by atoms with Crippen LogP contribution in [0, 0.1) is 11.3 Å². The summed E-state index contributed by atoms with van der Waals surface area (Å²) in [6.45, 7) is 5.42. The molecule has 1 aromatic carbocycles. The first-order chi connectivity index (χ1) is 15.4. The number of ether oxygens (including phenoxy) is 2. The van der Waals surface area contributed by atoms with E-state index in [4.69, 9.17) is 20.2 Å². The summed E-state index contributed by atoms with van der Waals surface area (Å²) in [5.74, 6) is 0.664. The number of rotatable bonds is 7. The topological polar surface area (TPSA) is 88.1 Å². The Balaban J connectivity index is 1.64. The van der Waals surface area contributed by atoms with Gasteiger partial charge in [0.1, 0.15) is 6.33 Å². The zero-order valence-corrected chi connectivity index (χ0v) is 19.3. The molecule has 1 fully saturated rings. The Morgan fingerprint density at radius 3 is 2.53 bits per heavy atom. The van der Waals surface area contributed by atoms with Crippen LogP contribution in [0.1, 0.15) is 50.9 Å². The number of nitrogen functional groups attached to an aromatic ring is 1. The van der Waals surface area contributed by atoms with Crippen molar-refractivity contribution >= 4 is 17.0 Å². The highest BCUT2D eigenvalue weighted by molar-refractivity contribution is 5.82. The number of methoxy groups -OCH3 is 2. The number of fused-ring (bicyclic) bond motifs is 2. The van der Waals surface area contributed by atoms with Gasteiger partial charge in [-0.3, -0.25) is 0 Å². The summed E-state index contributed by atoms with van der Waals surface area (Å²) in [4.78, 5) is 13.6. The minimum Gasteiger partial charge on any atom is -0.382 e. The smallest absolute Gasteiger partial charge is 0.255 e. The van der Waals surface area contributed by atoms with Crippen LogP contribution in [0.5, 0.6) is 0 Å². The Bertz CT molecular complexity index is 1170. The van der Waals surface area contributed by atoms with Crippen molar-refractivity contribution in [3.63, 3.8) is 0 Å². The summed E-state index contributed by atoms with van der Waals surface area (Å²) in [7, 11) is 3.27. The molecule has 2 bridgehead atoms. The molecular weight excluding hydrogens is 402 g/mol. The fraction of sp³-hybridized carbons (Fsp3) is 0.480. The third-order valence-corrected chi connectivity index (χ3v) is 7.49. The first-order valence-corrected chi connectivity index (χ1v) is 11.2. The molecule has 0 atom stereocenters. The van der Waals surface area contributed by atoms with Gasteiger partial charge >= 0.3 is 0 Å². The van der Waals surface area contributed by atoms with Crippen LogP contribution in [0.15, 0.2) is 47.8 Å². The minimum atomic E-state index is -1.18. The maximum Gasteiger partial charge on any atom is 0.255 e. The van der Waals surface area contributed by atoms with E-state index in [-0.39, 0.29) is 0 Å². The van der Waals surface area contributed by atoms with Gasteiger partial charge in [0, 0.05) is 26.3 Å². The molecule has 2 N–H and O–H groups in total. The van der Waals surface area contributed by atoms with Crippen molar-refractivity contribution in [1.29, 1.82) is 0 Å². The number of hydrogen-bond donors (Lipinski definition) is 1. The van der Waals surface area contributed by atoms with E-state index in [0.717, 1.165) is 24.4 Å². The van der Waals surface area contributed by atoms with Gasteiger partial charge in [0.25, 0.3) is 5.79 Å². The Labute approximate surface area is 188 Å². The Morgan fingerprint density at radius 1 is 1.16 bits per heavy atom. The van der Waals surface area contributed by atoms with Crippen LogP contribution in [0.2, 0.25) is 0 Å². The molecule has 0 amide bonds. The number of allylic oxidation sites excluding steroid dienone is 2. The van der Waals surface area contributed by atoms with E-state index in [9.17, 15) is 0 Å². The van der Waals surface area contributed by atoms with Gasteiger partial charge in [-0.25, -0.2) is 15.0 Å². The maximum absolute atomic E-state index is 6.20. The highest BCUT2D eigenvalue weighted by Gasteiger charge is 2.47. The SMILES string of the molecule is COC(OC)(c1ccccc1)c1nc2c(N)ncnc2n1CCC1=C(C)CC2CC1(C)C2. The van der Waals surface area contributed by atoms with Gasteiger partial charge < -0.3 is 19.8 Å². The van der Waals surface area contributed by atoms with E-state index in [1.54, 1.807) is 25.4 Å². The molecular formula is C25H31N5O2. The van der Waals surface area contributed by atoms with E-state index < -0.39 is 5.79 Å². The number of aryl methyl sites for hydroxylation is 1. The van der Waals surface area contributed by atoms with Crippen molar-refractivity contribution in [1.82, 2.24) is 19.5 Å². The van der Waals surface area contributed by atoms with Crippen molar-refractivity contribution < 1.29 is 9.47 Å². The number of benzene rings is 1. The molecule has 2 aromatic heterocycles. The molecule has 0 spiro atoms. The standard InChI is InChI=1S/C25H31N5O2/c1-16-12-17-13-24(2,14-17)19(16)10-11-30-22-20(21(26)27-15-28-22)29-23(30)25(31-3,32-4)18-8-6-5-7-9-18/h5-9,15,17H,10-14H2,1-4H3,(H2,26,27,28). The fourth-order valence-electron chi connectivity index (χ4n) is 6.12. The van der Waals surface area contributed by atoms with E-state index in [2.05, 4.69) is 28.4 Å². The van der Waals surface area contributed by atoms with Gasteiger partial charge in [0.05, 0.1) is 0 Å². The largest absolute Gasteiger partial charge is 0.382 e. The zero-order valence-electron chi connectivity index (χ0n) is 19.3. The molecule has 168 valence electrons. The second-order valence-electron chi connectivity index (χ2n) is 9.46. The van der Waals surface area contributed by atoms with Gasteiger partial charge in [0.2, 0.25) is 0 Å². The molecule has 0 saturated heterocycles. The molecule has 32 heavy (non-hydrogen) atoms. The number of aromatic nitrogens is 4. The van der Waals surface area contributed by atoms with Gasteiger partial charge in [-0.15, -0.1) is 0 Å². The molecule has 0 radical (unpaired) electrons. The molecule has 0 aliphatic heterocycles. The molecule has 1 saturated carbocycles. The maximum atomic E-state index is 6.20. The van der Waals surface area contributed by atoms with Crippen molar-refractivity contribution in [2.24, 2.45) is 11.3 Å². The highest BCUT2D eigenvalue weighted by Crippen LogP contribution is 2.58. The van der Waals surface area contributed by atoms with Gasteiger partial charge in [-0.2, -0.15) is 0 Å². The summed E-state index contributed by atoms with van der Waals surface area (Å²) in [6, 6.07) is 9.86. The molecule has 7 nitrogen and oxygen atoms in total. The monoisotopic (exact) mass is 433 g/mol. The van der Waals surface area contributed by atoms with Gasteiger partial charge in [0.15, 0.2) is 22.8 Å². The summed E-state index contributed by atoms with van der Waals surface area (Å²) in [5, 5.41) is 0. The number of hydrogen-bond acceptors (Lipinski definition) is 6. The lowest BCUT2D eigenvalue weighted by molar-refractivity contribution is -0.190. The fourth-order valence-corrected chi connectivity index (χ4v) is 6.12. The average molecular weight is 434 g/mol. The van der Waals surface area contributed by atoms with E-state index >= 15 is 0 Å². The first-order valence-electron chi connectivity index (χ1n) is 11.2. The normalized spacial score (nSPS) is 22.9. The lowest BCUT2D eigenvalue weighted by atomic mass is 9.52. The Morgan fingerprint density at radius 2 is 1.88 bits per heavy atom. The van der Waals surface area contributed by atoms with Crippen LogP contribution < -0.4 is 5.73 Å². The van der Waals surface area contributed by atoms with Crippen LogP contribution in [0.25, 0.3) is 11.2 Å². The van der Waals surface area contributed by atoms with Crippen LogP contribution in [0.3, 0.4) is 0 Å². The third kappa shape index (κ3) is 3.06. The number of imidazole rings is 1. The van der Waals surface area contributed by atoms with Crippen molar-refractivity contribution in [2.45, 2.75) is 51.9 Å². The summed E-state index contributed by atoms with van der Waals surface area (Å²) >= 11 is 0. The molecule has 3 aliphatic rings. The van der Waals surface area contributed by atoms with Crippen LogP contribution >= 0.6 is 0 Å². The minimum absolute atomic E-state index is 0.330. The molecule has 6 rings (SSSR count). The molecule has 0 unspecified atom stereocenters. The van der Waals surface area contributed by atoms with Gasteiger partial charge in [-0.1, -0.05) is 48.4 Å².